The Hall–Kier alpha value is -2.15. The predicted molar refractivity (Wildman–Crippen MR) is 137 cm³/mol. The molecule has 34 heavy (non-hydrogen) atoms. The van der Waals surface area contributed by atoms with Gasteiger partial charge in [-0.15, -0.1) is 0 Å². The molecular formula is C28H45NO5. The first-order chi connectivity index (χ1) is 15.3. The van der Waals surface area contributed by atoms with Gasteiger partial charge in [0, 0.05) is 17.5 Å². The Kier molecular flexibility index (Phi) is 10.1. The average Bonchev–Trinajstić information content (AvgIpc) is 2.63. The fourth-order valence-electron chi connectivity index (χ4n) is 3.26. The van der Waals surface area contributed by atoms with Crippen LogP contribution in [0.25, 0.3) is 0 Å². The maximum atomic E-state index is 12.6. The van der Waals surface area contributed by atoms with E-state index < -0.39 is 11.0 Å². The number of carbonyl (C=O) groups excluding carboxylic acids is 1. The molecule has 1 aromatic carbocycles. The van der Waals surface area contributed by atoms with Crippen LogP contribution in [0.1, 0.15) is 106 Å². The summed E-state index contributed by atoms with van der Waals surface area (Å²) in [7, 11) is 0. The molecule has 0 aliphatic carbocycles. The van der Waals surface area contributed by atoms with Gasteiger partial charge in [0.2, 0.25) is 5.75 Å². The Morgan fingerprint density at radius 3 is 1.94 bits per heavy atom. The number of carbonyl (C=O) groups is 1. The molecule has 6 nitrogen and oxygen atoms in total. The summed E-state index contributed by atoms with van der Waals surface area (Å²) >= 11 is 0. The third-order valence-corrected chi connectivity index (χ3v) is 5.17. The van der Waals surface area contributed by atoms with Gasteiger partial charge in [0.25, 0.3) is 0 Å². The third kappa shape index (κ3) is 10.00. The number of nitrogens with one attached hydrogen (secondary N) is 1. The second kappa shape index (κ2) is 11.5. The summed E-state index contributed by atoms with van der Waals surface area (Å²) in [5.74, 6) is 0.555. The van der Waals surface area contributed by atoms with E-state index in [9.17, 15) is 10.0 Å². The molecule has 1 N–H and O–H groups in total. The molecule has 192 valence electrons. The molecule has 0 saturated carbocycles. The summed E-state index contributed by atoms with van der Waals surface area (Å²) in [4.78, 5) is 23.6. The van der Waals surface area contributed by atoms with E-state index in [1.54, 1.807) is 26.8 Å². The van der Waals surface area contributed by atoms with Crippen molar-refractivity contribution in [2.45, 2.75) is 112 Å². The normalized spacial score (nSPS) is 14.1. The highest BCUT2D eigenvalue weighted by molar-refractivity contribution is 5.71. The standard InChI is InChI=1S/C28H45NO5/c1-13-19(2)16-20(3)32-24(30)15-14-21-17-22(26(4,5)6)25(23(18-21)27(7,8)9)33-29(31)34-28(10,11)12/h16-18,29H,3,13-15H2,1-2,4-12H3/b19-16-. The highest BCUT2D eigenvalue weighted by Gasteiger charge is 2.31. The van der Waals surface area contributed by atoms with E-state index in [2.05, 4.69) is 48.1 Å². The molecule has 0 aromatic heterocycles. The first-order valence-corrected chi connectivity index (χ1v) is 12.0. The number of aryl methyl sites for hydroxylation is 1. The summed E-state index contributed by atoms with van der Waals surface area (Å²) in [6.45, 7) is 25.7. The molecule has 0 fully saturated rings. The topological polar surface area (TPSA) is 72.3 Å². The predicted octanol–water partition coefficient (Wildman–Crippen LogP) is 6.03. The molecule has 0 aliphatic rings. The van der Waals surface area contributed by atoms with Crippen LogP contribution in [0.4, 0.5) is 0 Å². The van der Waals surface area contributed by atoms with Crippen LogP contribution in [0, 0.1) is 5.21 Å². The number of allylic oxidation sites excluding steroid dienone is 2. The Morgan fingerprint density at radius 2 is 1.53 bits per heavy atom. The van der Waals surface area contributed by atoms with Gasteiger partial charge in [0.15, 0.2) is 0 Å². The fraction of sp³-hybridized carbons (Fsp3) is 0.607. The lowest BCUT2D eigenvalue weighted by Crippen LogP contribution is -3.09. The monoisotopic (exact) mass is 475 g/mol. The Morgan fingerprint density at radius 1 is 1.03 bits per heavy atom. The Labute approximate surface area is 206 Å². The Bertz CT molecular complexity index is 860. The average molecular weight is 476 g/mol. The van der Waals surface area contributed by atoms with Crippen LogP contribution in [-0.4, -0.2) is 11.6 Å². The van der Waals surface area contributed by atoms with Crippen molar-refractivity contribution < 1.29 is 24.6 Å². The summed E-state index contributed by atoms with van der Waals surface area (Å²) < 4.78 is 5.37. The number of benzene rings is 1. The zero-order valence-corrected chi connectivity index (χ0v) is 23.1. The summed E-state index contributed by atoms with van der Waals surface area (Å²) in [6, 6.07) is 4.02. The first-order valence-electron chi connectivity index (χ1n) is 12.0. The number of esters is 1. The quantitative estimate of drug-likeness (QED) is 0.204. The molecule has 0 heterocycles. The lowest BCUT2D eigenvalue weighted by atomic mass is 9.78. The first kappa shape index (κ1) is 29.9. The molecule has 1 aromatic rings. The van der Waals surface area contributed by atoms with E-state index in [1.807, 2.05) is 26.0 Å². The van der Waals surface area contributed by atoms with Crippen molar-refractivity contribution in [1.82, 2.24) is 0 Å². The van der Waals surface area contributed by atoms with E-state index in [0.717, 1.165) is 28.7 Å². The van der Waals surface area contributed by atoms with Gasteiger partial charge in [-0.05, 0) is 68.4 Å². The van der Waals surface area contributed by atoms with Gasteiger partial charge in [-0.1, -0.05) is 72.8 Å². The molecule has 1 rings (SSSR count). The van der Waals surface area contributed by atoms with Gasteiger partial charge in [0.1, 0.15) is 11.4 Å². The maximum absolute atomic E-state index is 12.6. The van der Waals surface area contributed by atoms with Crippen molar-refractivity contribution in [3.8, 4) is 5.75 Å². The number of hydrogen-bond donors (Lipinski definition) is 1. The molecule has 0 amide bonds. The van der Waals surface area contributed by atoms with Crippen LogP contribution >= 0.6 is 0 Å². The number of ether oxygens (including phenoxy) is 1. The zero-order valence-electron chi connectivity index (χ0n) is 23.1. The van der Waals surface area contributed by atoms with E-state index in [1.165, 1.54) is 0 Å². The van der Waals surface area contributed by atoms with E-state index in [4.69, 9.17) is 14.4 Å². The van der Waals surface area contributed by atoms with Crippen molar-refractivity contribution in [1.29, 1.82) is 0 Å². The van der Waals surface area contributed by atoms with Crippen LogP contribution in [0.3, 0.4) is 0 Å². The van der Waals surface area contributed by atoms with Crippen LogP contribution in [0.15, 0.2) is 36.1 Å². The Balaban J connectivity index is 3.28. The second-order valence-corrected chi connectivity index (χ2v) is 11.9. The van der Waals surface area contributed by atoms with E-state index in [0.29, 0.717) is 17.9 Å². The van der Waals surface area contributed by atoms with Gasteiger partial charge >= 0.3 is 5.97 Å². The molecule has 0 bridgehead atoms. The highest BCUT2D eigenvalue weighted by Crippen LogP contribution is 2.40. The van der Waals surface area contributed by atoms with Gasteiger partial charge in [-0.3, -0.25) is 9.63 Å². The van der Waals surface area contributed by atoms with Crippen molar-refractivity contribution in [2.24, 2.45) is 0 Å². The van der Waals surface area contributed by atoms with Gasteiger partial charge in [-0.2, -0.15) is 4.84 Å². The van der Waals surface area contributed by atoms with Gasteiger partial charge in [0.05, 0.1) is 0 Å². The smallest absolute Gasteiger partial charge is 0.311 e. The molecule has 6 heteroatoms. The highest BCUT2D eigenvalue weighted by atomic mass is 17.1. The molecule has 0 spiro atoms. The molecular weight excluding hydrogens is 430 g/mol. The molecule has 0 radical (unpaired) electrons. The number of rotatable bonds is 9. The van der Waals surface area contributed by atoms with Crippen molar-refractivity contribution in [2.75, 3.05) is 0 Å². The largest absolute Gasteiger partial charge is 0.556 e. The second-order valence-electron chi connectivity index (χ2n) is 11.9. The lowest BCUT2D eigenvalue weighted by Gasteiger charge is -2.32. The minimum absolute atomic E-state index is 0.220. The molecule has 0 aliphatic heterocycles. The van der Waals surface area contributed by atoms with Crippen LogP contribution in [0.5, 0.6) is 5.75 Å². The fourth-order valence-corrected chi connectivity index (χ4v) is 3.26. The lowest BCUT2D eigenvalue weighted by molar-refractivity contribution is -1.19. The minimum atomic E-state index is -0.728. The maximum Gasteiger partial charge on any atom is 0.311 e. The van der Waals surface area contributed by atoms with Crippen molar-refractivity contribution in [3.63, 3.8) is 0 Å². The van der Waals surface area contributed by atoms with Gasteiger partial charge in [-0.25, -0.2) is 0 Å². The molecule has 1 unspecified atom stereocenters. The summed E-state index contributed by atoms with van der Waals surface area (Å²) in [5.41, 5.74) is 2.60. The SMILES string of the molecule is C=C(/C=C(/C)CC)OC(=O)CCc1cc(C(C)(C)C)c(O[NH+]([O-])OC(C)(C)C)c(C(C)(C)C)c1. The van der Waals surface area contributed by atoms with Crippen molar-refractivity contribution in [3.05, 3.63) is 58.0 Å². The van der Waals surface area contributed by atoms with Crippen LogP contribution in [0.2, 0.25) is 0 Å². The number of hydrogen-bond acceptors (Lipinski definition) is 5. The zero-order chi connectivity index (χ0) is 26.5. The third-order valence-electron chi connectivity index (χ3n) is 5.17. The van der Waals surface area contributed by atoms with E-state index >= 15 is 0 Å². The van der Waals surface area contributed by atoms with E-state index in [-0.39, 0.29) is 23.2 Å². The molecule has 1 atom stereocenters. The van der Waals surface area contributed by atoms with Crippen molar-refractivity contribution >= 4 is 5.97 Å². The van der Waals surface area contributed by atoms with Crippen LogP contribution < -0.4 is 10.2 Å². The summed E-state index contributed by atoms with van der Waals surface area (Å²) in [6.07, 6.45) is 3.38. The minimum Gasteiger partial charge on any atom is -0.556 e. The summed E-state index contributed by atoms with van der Waals surface area (Å²) in [5, 5.41) is 11.8. The van der Waals surface area contributed by atoms with Crippen LogP contribution in [-0.2, 0) is 31.6 Å². The molecule has 0 saturated heterocycles. The number of quaternary nitrogens is 1. The van der Waals surface area contributed by atoms with Gasteiger partial charge < -0.3 is 9.94 Å².